The highest BCUT2D eigenvalue weighted by Crippen LogP contribution is 2.46. The molecular weight excluding hydrogens is 230 g/mol. The number of rotatable bonds is 4. The summed E-state index contributed by atoms with van der Waals surface area (Å²) < 4.78 is 0. The SMILES string of the molecule is CCNC(C1CCC(C)CC1)C1CCCCC1(C)C. The Morgan fingerprint density at radius 3 is 2.32 bits per heavy atom. The molecule has 0 radical (unpaired) electrons. The predicted octanol–water partition coefficient (Wildman–Crippen LogP) is 5.01. The van der Waals surface area contributed by atoms with Gasteiger partial charge in [0.25, 0.3) is 0 Å². The zero-order chi connectivity index (χ0) is 13.9. The monoisotopic (exact) mass is 265 g/mol. The van der Waals surface area contributed by atoms with Crippen molar-refractivity contribution in [2.24, 2.45) is 23.2 Å². The lowest BCUT2D eigenvalue weighted by molar-refractivity contribution is 0.0593. The van der Waals surface area contributed by atoms with Crippen molar-refractivity contribution in [2.75, 3.05) is 6.54 Å². The Morgan fingerprint density at radius 2 is 1.74 bits per heavy atom. The maximum atomic E-state index is 3.89. The van der Waals surface area contributed by atoms with Crippen molar-refractivity contribution in [3.8, 4) is 0 Å². The van der Waals surface area contributed by atoms with Crippen molar-refractivity contribution in [3.63, 3.8) is 0 Å². The Kier molecular flexibility index (Phi) is 5.34. The fourth-order valence-electron chi connectivity index (χ4n) is 4.70. The van der Waals surface area contributed by atoms with Crippen LogP contribution in [0, 0.1) is 23.2 Å². The van der Waals surface area contributed by atoms with E-state index in [1.165, 1.54) is 51.4 Å². The molecule has 1 heteroatoms. The van der Waals surface area contributed by atoms with Crippen LogP contribution in [0.3, 0.4) is 0 Å². The predicted molar refractivity (Wildman–Crippen MR) is 84.3 cm³/mol. The second-order valence-corrected chi connectivity index (χ2v) is 7.94. The minimum Gasteiger partial charge on any atom is -0.314 e. The Bertz CT molecular complexity index is 263. The van der Waals surface area contributed by atoms with Crippen molar-refractivity contribution >= 4 is 0 Å². The number of hydrogen-bond acceptors (Lipinski definition) is 1. The van der Waals surface area contributed by atoms with Crippen LogP contribution in [0.2, 0.25) is 0 Å². The van der Waals surface area contributed by atoms with Crippen molar-refractivity contribution in [1.29, 1.82) is 0 Å². The standard InChI is InChI=1S/C18H35N/c1-5-19-17(15-11-9-14(2)10-12-15)16-8-6-7-13-18(16,3)4/h14-17,19H,5-13H2,1-4H3. The summed E-state index contributed by atoms with van der Waals surface area (Å²) >= 11 is 0. The van der Waals surface area contributed by atoms with E-state index in [1.807, 2.05) is 0 Å². The molecule has 0 aromatic carbocycles. The lowest BCUT2D eigenvalue weighted by Crippen LogP contribution is -2.49. The highest BCUT2D eigenvalue weighted by Gasteiger charge is 2.40. The van der Waals surface area contributed by atoms with Gasteiger partial charge in [0.05, 0.1) is 0 Å². The summed E-state index contributed by atoms with van der Waals surface area (Å²) in [5.41, 5.74) is 0.550. The average Bonchev–Trinajstić information content (AvgIpc) is 2.37. The normalized spacial score (nSPS) is 36.9. The molecule has 0 bridgehead atoms. The summed E-state index contributed by atoms with van der Waals surface area (Å²) in [6.45, 7) is 10.9. The van der Waals surface area contributed by atoms with Gasteiger partial charge < -0.3 is 5.32 Å². The van der Waals surface area contributed by atoms with E-state index < -0.39 is 0 Å². The summed E-state index contributed by atoms with van der Waals surface area (Å²) in [5.74, 6) is 2.82. The third-order valence-corrected chi connectivity index (χ3v) is 6.03. The Hall–Kier alpha value is -0.0400. The lowest BCUT2D eigenvalue weighted by Gasteiger charge is -2.47. The molecule has 0 aromatic rings. The van der Waals surface area contributed by atoms with Gasteiger partial charge in [-0.3, -0.25) is 0 Å². The van der Waals surface area contributed by atoms with Gasteiger partial charge in [-0.1, -0.05) is 53.4 Å². The van der Waals surface area contributed by atoms with E-state index in [0.29, 0.717) is 5.41 Å². The van der Waals surface area contributed by atoms with Crippen molar-refractivity contribution in [1.82, 2.24) is 5.32 Å². The third-order valence-electron chi connectivity index (χ3n) is 6.03. The van der Waals surface area contributed by atoms with Crippen molar-refractivity contribution in [2.45, 2.75) is 85.1 Å². The molecule has 2 atom stereocenters. The summed E-state index contributed by atoms with van der Waals surface area (Å²) in [6, 6.07) is 0.785. The molecule has 0 amide bonds. The van der Waals surface area contributed by atoms with Crippen LogP contribution in [-0.4, -0.2) is 12.6 Å². The summed E-state index contributed by atoms with van der Waals surface area (Å²) in [4.78, 5) is 0. The van der Waals surface area contributed by atoms with Gasteiger partial charge >= 0.3 is 0 Å². The van der Waals surface area contributed by atoms with Crippen LogP contribution in [0.1, 0.15) is 79.1 Å². The average molecular weight is 265 g/mol. The molecule has 0 heterocycles. The van der Waals surface area contributed by atoms with Crippen LogP contribution in [-0.2, 0) is 0 Å². The van der Waals surface area contributed by atoms with Gasteiger partial charge in [0.1, 0.15) is 0 Å². The van der Waals surface area contributed by atoms with E-state index in [4.69, 9.17) is 0 Å². The molecule has 0 aromatic heterocycles. The van der Waals surface area contributed by atoms with Crippen molar-refractivity contribution < 1.29 is 0 Å². The maximum absolute atomic E-state index is 3.89. The lowest BCUT2D eigenvalue weighted by atomic mass is 9.62. The molecule has 2 unspecified atom stereocenters. The summed E-state index contributed by atoms with van der Waals surface area (Å²) in [6.07, 6.45) is 11.6. The molecular formula is C18H35N. The smallest absolute Gasteiger partial charge is 0.0129 e. The molecule has 2 fully saturated rings. The molecule has 0 saturated heterocycles. The molecule has 2 aliphatic rings. The zero-order valence-electron chi connectivity index (χ0n) is 13.7. The molecule has 112 valence electrons. The highest BCUT2D eigenvalue weighted by atomic mass is 14.9. The van der Waals surface area contributed by atoms with E-state index in [-0.39, 0.29) is 0 Å². The minimum absolute atomic E-state index is 0.550. The van der Waals surface area contributed by atoms with Gasteiger partial charge in [-0.25, -0.2) is 0 Å². The van der Waals surface area contributed by atoms with Crippen LogP contribution < -0.4 is 5.32 Å². The fourth-order valence-corrected chi connectivity index (χ4v) is 4.70. The number of nitrogens with one attached hydrogen (secondary N) is 1. The Labute approximate surface area is 120 Å². The quantitative estimate of drug-likeness (QED) is 0.753. The molecule has 2 rings (SSSR count). The van der Waals surface area contributed by atoms with E-state index >= 15 is 0 Å². The van der Waals surface area contributed by atoms with Crippen molar-refractivity contribution in [3.05, 3.63) is 0 Å². The zero-order valence-corrected chi connectivity index (χ0v) is 13.7. The summed E-state index contributed by atoms with van der Waals surface area (Å²) in [5, 5.41) is 3.89. The minimum atomic E-state index is 0.550. The van der Waals surface area contributed by atoms with Crippen LogP contribution in [0.5, 0.6) is 0 Å². The first-order valence-electron chi connectivity index (χ1n) is 8.78. The van der Waals surface area contributed by atoms with Gasteiger partial charge in [0.2, 0.25) is 0 Å². The molecule has 0 spiro atoms. The van der Waals surface area contributed by atoms with E-state index in [9.17, 15) is 0 Å². The topological polar surface area (TPSA) is 12.0 Å². The molecule has 2 aliphatic carbocycles. The first-order chi connectivity index (χ1) is 9.04. The molecule has 19 heavy (non-hydrogen) atoms. The molecule has 1 N–H and O–H groups in total. The molecule has 2 saturated carbocycles. The highest BCUT2D eigenvalue weighted by molar-refractivity contribution is 4.94. The van der Waals surface area contributed by atoms with E-state index in [1.54, 1.807) is 0 Å². The van der Waals surface area contributed by atoms with E-state index in [0.717, 1.165) is 30.3 Å². The molecule has 1 nitrogen and oxygen atoms in total. The van der Waals surface area contributed by atoms with Gasteiger partial charge in [0, 0.05) is 6.04 Å². The van der Waals surface area contributed by atoms with Crippen LogP contribution >= 0.6 is 0 Å². The van der Waals surface area contributed by atoms with Crippen LogP contribution in [0.4, 0.5) is 0 Å². The second-order valence-electron chi connectivity index (χ2n) is 7.94. The second kappa shape index (κ2) is 6.61. The fraction of sp³-hybridized carbons (Fsp3) is 1.00. The van der Waals surface area contributed by atoms with Gasteiger partial charge in [-0.15, -0.1) is 0 Å². The van der Waals surface area contributed by atoms with Gasteiger partial charge in [-0.05, 0) is 55.4 Å². The largest absolute Gasteiger partial charge is 0.314 e. The van der Waals surface area contributed by atoms with Gasteiger partial charge in [-0.2, -0.15) is 0 Å². The Balaban J connectivity index is 2.05. The number of hydrogen-bond donors (Lipinski definition) is 1. The van der Waals surface area contributed by atoms with Gasteiger partial charge in [0.15, 0.2) is 0 Å². The van der Waals surface area contributed by atoms with Crippen LogP contribution in [0.15, 0.2) is 0 Å². The first kappa shape index (κ1) is 15.4. The Morgan fingerprint density at radius 1 is 1.05 bits per heavy atom. The third kappa shape index (κ3) is 3.74. The first-order valence-corrected chi connectivity index (χ1v) is 8.78. The molecule has 0 aliphatic heterocycles. The van der Waals surface area contributed by atoms with Crippen LogP contribution in [0.25, 0.3) is 0 Å². The maximum Gasteiger partial charge on any atom is 0.0129 e. The summed E-state index contributed by atoms with van der Waals surface area (Å²) in [7, 11) is 0. The van der Waals surface area contributed by atoms with E-state index in [2.05, 4.69) is 33.0 Å².